The monoisotopic (exact) mass is 397 g/mol. The highest BCUT2D eigenvalue weighted by atomic mass is 19.1. The van der Waals surface area contributed by atoms with E-state index in [4.69, 9.17) is 4.52 Å². The second-order valence-corrected chi connectivity index (χ2v) is 6.29. The first-order valence-electron chi connectivity index (χ1n) is 8.93. The molecule has 1 aromatic heterocycles. The van der Waals surface area contributed by atoms with Gasteiger partial charge in [-0.15, -0.1) is 0 Å². The van der Waals surface area contributed by atoms with E-state index in [0.717, 1.165) is 5.56 Å². The average molecular weight is 397 g/mol. The zero-order valence-corrected chi connectivity index (χ0v) is 15.8. The number of hydrogen-bond donors (Lipinski definition) is 2. The van der Waals surface area contributed by atoms with Gasteiger partial charge in [0.25, 0.3) is 0 Å². The maximum atomic E-state index is 12.9. The van der Waals surface area contributed by atoms with Crippen molar-refractivity contribution in [3.05, 3.63) is 77.7 Å². The maximum absolute atomic E-state index is 12.9. The van der Waals surface area contributed by atoms with Gasteiger partial charge in [-0.3, -0.25) is 4.79 Å². The van der Waals surface area contributed by atoms with Crippen LogP contribution < -0.4 is 10.6 Å². The van der Waals surface area contributed by atoms with Crippen molar-refractivity contribution < 1.29 is 18.5 Å². The number of nitrogens with zero attached hydrogens (tertiary/aromatic N) is 3. The molecule has 1 heterocycles. The molecule has 8 nitrogen and oxygen atoms in total. The molecular formula is C20H20FN5O3. The zero-order chi connectivity index (χ0) is 20.6. The van der Waals surface area contributed by atoms with Crippen molar-refractivity contribution >= 4 is 17.6 Å². The summed E-state index contributed by atoms with van der Waals surface area (Å²) in [5, 5.41) is 9.16. The molecule has 2 N–H and O–H groups in total. The topological polar surface area (TPSA) is 100 Å². The van der Waals surface area contributed by atoms with Crippen LogP contribution in [0, 0.1) is 5.82 Å². The molecule has 0 aliphatic carbocycles. The molecule has 0 fully saturated rings. The molecule has 3 amide bonds. The Hall–Kier alpha value is -3.75. The largest absolute Gasteiger partial charge is 0.344 e. The van der Waals surface area contributed by atoms with E-state index in [9.17, 15) is 14.0 Å². The number of amides is 3. The zero-order valence-electron chi connectivity index (χ0n) is 15.8. The Morgan fingerprint density at radius 1 is 1.10 bits per heavy atom. The van der Waals surface area contributed by atoms with E-state index in [-0.39, 0.29) is 24.3 Å². The Kier molecular flexibility index (Phi) is 6.51. The van der Waals surface area contributed by atoms with Crippen molar-refractivity contribution in [1.29, 1.82) is 0 Å². The standard InChI is InChI=1S/C20H20FN5O3/c1-26(20(28)23-16-5-3-2-4-6-16)12-11-17-24-19(29-25-17)18(27)22-13-14-7-9-15(21)10-8-14/h2-10H,11-13H2,1H3,(H,22,27)(H,23,28). The van der Waals surface area contributed by atoms with Crippen molar-refractivity contribution in [2.45, 2.75) is 13.0 Å². The summed E-state index contributed by atoms with van der Waals surface area (Å²) in [7, 11) is 1.65. The highest BCUT2D eigenvalue weighted by Gasteiger charge is 2.16. The van der Waals surface area contributed by atoms with Crippen LogP contribution in [0.1, 0.15) is 22.1 Å². The van der Waals surface area contributed by atoms with Gasteiger partial charge in [-0.1, -0.05) is 35.5 Å². The average Bonchev–Trinajstić information content (AvgIpc) is 3.21. The SMILES string of the molecule is CN(CCc1noc(C(=O)NCc2ccc(F)cc2)n1)C(=O)Nc1ccccc1. The number of rotatable bonds is 7. The van der Waals surface area contributed by atoms with Crippen LogP contribution in [0.5, 0.6) is 0 Å². The molecule has 0 saturated carbocycles. The van der Waals surface area contributed by atoms with Gasteiger partial charge in [0.1, 0.15) is 5.82 Å². The number of para-hydroxylation sites is 1. The minimum atomic E-state index is -0.525. The Morgan fingerprint density at radius 2 is 1.83 bits per heavy atom. The predicted octanol–water partition coefficient (Wildman–Crippen LogP) is 2.85. The summed E-state index contributed by atoms with van der Waals surface area (Å²) in [4.78, 5) is 29.8. The summed E-state index contributed by atoms with van der Waals surface area (Å²) in [5.74, 6) is -0.720. The van der Waals surface area contributed by atoms with E-state index < -0.39 is 5.91 Å². The number of carbonyl (C=O) groups excluding carboxylic acids is 2. The van der Waals surface area contributed by atoms with Crippen molar-refractivity contribution in [3.63, 3.8) is 0 Å². The molecule has 9 heteroatoms. The van der Waals surface area contributed by atoms with Crippen molar-refractivity contribution in [1.82, 2.24) is 20.4 Å². The lowest BCUT2D eigenvalue weighted by molar-refractivity contribution is 0.0907. The Morgan fingerprint density at radius 3 is 2.55 bits per heavy atom. The fraction of sp³-hybridized carbons (Fsp3) is 0.200. The first-order chi connectivity index (χ1) is 14.0. The van der Waals surface area contributed by atoms with E-state index in [1.54, 1.807) is 31.3 Å². The van der Waals surface area contributed by atoms with Gasteiger partial charge >= 0.3 is 17.8 Å². The van der Waals surface area contributed by atoms with Gasteiger partial charge in [-0.05, 0) is 29.8 Å². The summed E-state index contributed by atoms with van der Waals surface area (Å²) < 4.78 is 17.9. The van der Waals surface area contributed by atoms with Crippen LogP contribution in [0.15, 0.2) is 59.1 Å². The smallest absolute Gasteiger partial charge is 0.321 e. The van der Waals surface area contributed by atoms with Gasteiger partial charge in [0.05, 0.1) is 0 Å². The molecule has 3 aromatic rings. The lowest BCUT2D eigenvalue weighted by atomic mass is 10.2. The van der Waals surface area contributed by atoms with Gasteiger partial charge in [0.2, 0.25) is 0 Å². The number of carbonyl (C=O) groups is 2. The third-order valence-electron chi connectivity index (χ3n) is 4.07. The first-order valence-corrected chi connectivity index (χ1v) is 8.93. The number of nitrogens with one attached hydrogen (secondary N) is 2. The molecule has 3 rings (SSSR count). The molecule has 29 heavy (non-hydrogen) atoms. The van der Waals surface area contributed by atoms with E-state index in [1.807, 2.05) is 18.2 Å². The number of urea groups is 1. The van der Waals surface area contributed by atoms with Crippen molar-refractivity contribution in [2.75, 3.05) is 18.9 Å². The quantitative estimate of drug-likeness (QED) is 0.639. The summed E-state index contributed by atoms with van der Waals surface area (Å²) in [6.07, 6.45) is 0.327. The fourth-order valence-corrected chi connectivity index (χ4v) is 2.42. The first kappa shape index (κ1) is 20.0. The normalized spacial score (nSPS) is 10.4. The molecule has 2 aromatic carbocycles. The summed E-state index contributed by atoms with van der Waals surface area (Å²) >= 11 is 0. The number of anilines is 1. The number of likely N-dealkylation sites (N-methyl/N-ethyl adjacent to an activating group) is 1. The van der Waals surface area contributed by atoms with Crippen molar-refractivity contribution in [2.24, 2.45) is 0 Å². The molecule has 0 aliphatic heterocycles. The summed E-state index contributed by atoms with van der Waals surface area (Å²) in [6, 6.07) is 14.6. The van der Waals surface area contributed by atoms with Crippen LogP contribution >= 0.6 is 0 Å². The van der Waals surface area contributed by atoms with Crippen LogP contribution in [0.25, 0.3) is 0 Å². The lowest BCUT2D eigenvalue weighted by Crippen LogP contribution is -2.33. The highest BCUT2D eigenvalue weighted by Crippen LogP contribution is 2.07. The van der Waals surface area contributed by atoms with Gasteiger partial charge in [0.15, 0.2) is 5.82 Å². The number of benzene rings is 2. The highest BCUT2D eigenvalue weighted by molar-refractivity contribution is 5.89. The van der Waals surface area contributed by atoms with Crippen LogP contribution in [0.2, 0.25) is 0 Å². The van der Waals surface area contributed by atoms with Gasteiger partial charge in [-0.25, -0.2) is 9.18 Å². The van der Waals surface area contributed by atoms with Crippen LogP contribution in [-0.4, -0.2) is 40.6 Å². The minimum Gasteiger partial charge on any atom is -0.344 e. The molecule has 0 atom stereocenters. The molecule has 0 radical (unpaired) electrons. The predicted molar refractivity (Wildman–Crippen MR) is 104 cm³/mol. The van der Waals surface area contributed by atoms with E-state index >= 15 is 0 Å². The van der Waals surface area contributed by atoms with Crippen LogP contribution in [0.3, 0.4) is 0 Å². The molecule has 0 unspecified atom stereocenters. The third-order valence-corrected chi connectivity index (χ3v) is 4.07. The second kappa shape index (κ2) is 9.45. The summed E-state index contributed by atoms with van der Waals surface area (Å²) in [5.41, 5.74) is 1.44. The van der Waals surface area contributed by atoms with Gasteiger partial charge in [-0.2, -0.15) is 4.98 Å². The molecule has 0 saturated heterocycles. The molecule has 0 aliphatic rings. The fourth-order valence-electron chi connectivity index (χ4n) is 2.42. The molecule has 150 valence electrons. The lowest BCUT2D eigenvalue weighted by Gasteiger charge is -2.16. The van der Waals surface area contributed by atoms with Crippen LogP contribution in [0.4, 0.5) is 14.9 Å². The van der Waals surface area contributed by atoms with Crippen LogP contribution in [-0.2, 0) is 13.0 Å². The van der Waals surface area contributed by atoms with Crippen molar-refractivity contribution in [3.8, 4) is 0 Å². The third kappa shape index (κ3) is 5.86. The molecule has 0 bridgehead atoms. The van der Waals surface area contributed by atoms with E-state index in [1.165, 1.54) is 17.0 Å². The van der Waals surface area contributed by atoms with E-state index in [2.05, 4.69) is 20.8 Å². The molecular weight excluding hydrogens is 377 g/mol. The Labute approximate surface area is 166 Å². The van der Waals surface area contributed by atoms with Gasteiger partial charge < -0.3 is 20.1 Å². The number of hydrogen-bond acceptors (Lipinski definition) is 5. The number of halogens is 1. The minimum absolute atomic E-state index is 0.168. The number of aromatic nitrogens is 2. The Bertz CT molecular complexity index is 960. The Balaban J connectivity index is 1.46. The van der Waals surface area contributed by atoms with E-state index in [0.29, 0.717) is 24.5 Å². The van der Waals surface area contributed by atoms with Gasteiger partial charge in [0, 0.05) is 32.2 Å². The maximum Gasteiger partial charge on any atom is 0.321 e. The summed E-state index contributed by atoms with van der Waals surface area (Å²) in [6.45, 7) is 0.550. The second-order valence-electron chi connectivity index (χ2n) is 6.29. The molecule has 0 spiro atoms.